The number of rotatable bonds is 1. The fraction of sp³-hybridized carbons (Fsp3) is 0.0909. The molecule has 36 heavy (non-hydrogen) atoms. The van der Waals surface area contributed by atoms with Gasteiger partial charge >= 0.3 is 0 Å². The van der Waals surface area contributed by atoms with Crippen LogP contribution >= 0.6 is 0 Å². The van der Waals surface area contributed by atoms with Gasteiger partial charge in [0.1, 0.15) is 0 Å². The Balaban J connectivity index is 1.53. The van der Waals surface area contributed by atoms with Gasteiger partial charge in [-0.2, -0.15) is 0 Å². The molecule has 0 spiro atoms. The second kappa shape index (κ2) is 6.79. The Hall–Kier alpha value is -4.50. The van der Waals surface area contributed by atoms with E-state index in [1.54, 1.807) is 0 Å². The van der Waals surface area contributed by atoms with Crippen molar-refractivity contribution < 1.29 is 0 Å². The molecule has 0 atom stereocenters. The monoisotopic (exact) mass is 461 g/mol. The third-order valence-corrected chi connectivity index (χ3v) is 8.01. The van der Waals surface area contributed by atoms with Crippen LogP contribution in [0.3, 0.4) is 0 Å². The Morgan fingerprint density at radius 3 is 2.31 bits per heavy atom. The number of nitrogens with zero attached hydrogens (tertiary/aromatic N) is 3. The van der Waals surface area contributed by atoms with Gasteiger partial charge in [-0.1, -0.05) is 92.7 Å². The normalized spacial score (nSPS) is 14.1. The first-order chi connectivity index (χ1) is 17.6. The van der Waals surface area contributed by atoms with Crippen molar-refractivity contribution in [3.05, 3.63) is 114 Å². The van der Waals surface area contributed by atoms with Crippen molar-refractivity contribution in [1.29, 1.82) is 0 Å². The van der Waals surface area contributed by atoms with Gasteiger partial charge in [-0.05, 0) is 51.2 Å². The molecule has 0 fully saturated rings. The van der Waals surface area contributed by atoms with E-state index in [9.17, 15) is 0 Å². The molecule has 2 aromatic heterocycles. The van der Waals surface area contributed by atoms with Crippen LogP contribution in [-0.4, -0.2) is 14.5 Å². The van der Waals surface area contributed by atoms with Gasteiger partial charge in [-0.25, -0.2) is 9.97 Å². The molecule has 0 saturated carbocycles. The molecule has 0 amide bonds. The standard InChI is InChI=1S/C33H23N3/c1-33(2)25-17-18-28-30(29(25)24-16-15-20-9-3-5-11-22(20)31(24)33)23-12-6-8-14-27(23)36(28)32-34-19-21-10-4-7-13-26(21)35-32/h3-19H,1-2H3. The number of para-hydroxylation sites is 2. The summed E-state index contributed by atoms with van der Waals surface area (Å²) < 4.78 is 2.23. The maximum atomic E-state index is 4.98. The maximum Gasteiger partial charge on any atom is 0.235 e. The molecule has 1 aliphatic rings. The topological polar surface area (TPSA) is 30.7 Å². The van der Waals surface area contributed by atoms with Crippen molar-refractivity contribution in [2.75, 3.05) is 0 Å². The zero-order valence-electron chi connectivity index (χ0n) is 20.2. The Morgan fingerprint density at radius 2 is 1.42 bits per heavy atom. The minimum absolute atomic E-state index is 0.0949. The van der Waals surface area contributed by atoms with E-state index in [0.29, 0.717) is 5.95 Å². The van der Waals surface area contributed by atoms with Crippen LogP contribution in [0.1, 0.15) is 25.0 Å². The highest BCUT2D eigenvalue weighted by molar-refractivity contribution is 6.18. The fourth-order valence-corrected chi connectivity index (χ4v) is 6.43. The minimum Gasteiger partial charge on any atom is -0.278 e. The van der Waals surface area contributed by atoms with Gasteiger partial charge in [-0.15, -0.1) is 0 Å². The summed E-state index contributed by atoms with van der Waals surface area (Å²) >= 11 is 0. The smallest absolute Gasteiger partial charge is 0.235 e. The molecule has 3 nitrogen and oxygen atoms in total. The molecule has 0 bridgehead atoms. The summed E-state index contributed by atoms with van der Waals surface area (Å²) in [6, 6.07) is 34.8. The number of hydrogen-bond donors (Lipinski definition) is 0. The molecule has 0 unspecified atom stereocenters. The second-order valence-corrected chi connectivity index (χ2v) is 10.3. The lowest BCUT2D eigenvalue weighted by molar-refractivity contribution is 0.666. The lowest BCUT2D eigenvalue weighted by atomic mass is 9.80. The first kappa shape index (κ1) is 19.8. The molecule has 5 aromatic carbocycles. The number of aromatic nitrogens is 3. The van der Waals surface area contributed by atoms with E-state index in [2.05, 4.69) is 103 Å². The highest BCUT2D eigenvalue weighted by atomic mass is 15.2. The van der Waals surface area contributed by atoms with E-state index >= 15 is 0 Å². The molecule has 170 valence electrons. The zero-order valence-corrected chi connectivity index (χ0v) is 20.2. The van der Waals surface area contributed by atoms with Crippen molar-refractivity contribution in [3.8, 4) is 17.1 Å². The second-order valence-electron chi connectivity index (χ2n) is 10.3. The summed E-state index contributed by atoms with van der Waals surface area (Å²) in [6.07, 6.45) is 1.93. The average Bonchev–Trinajstić information content (AvgIpc) is 3.37. The molecule has 0 saturated heterocycles. The van der Waals surface area contributed by atoms with Gasteiger partial charge in [0.25, 0.3) is 0 Å². The predicted molar refractivity (Wildman–Crippen MR) is 149 cm³/mol. The molecular formula is C33H23N3. The van der Waals surface area contributed by atoms with Crippen LogP contribution in [0.4, 0.5) is 0 Å². The average molecular weight is 462 g/mol. The van der Waals surface area contributed by atoms with Crippen LogP contribution < -0.4 is 0 Å². The summed E-state index contributed by atoms with van der Waals surface area (Å²) in [5.74, 6) is 0.704. The molecule has 7 aromatic rings. The highest BCUT2D eigenvalue weighted by Crippen LogP contribution is 2.55. The molecule has 3 heteroatoms. The van der Waals surface area contributed by atoms with Gasteiger partial charge in [0.2, 0.25) is 5.95 Å². The van der Waals surface area contributed by atoms with E-state index in [1.165, 1.54) is 43.8 Å². The van der Waals surface area contributed by atoms with Crippen LogP contribution in [-0.2, 0) is 5.41 Å². The summed E-state index contributed by atoms with van der Waals surface area (Å²) in [4.78, 5) is 9.79. The van der Waals surface area contributed by atoms with E-state index in [1.807, 2.05) is 18.3 Å². The molecule has 0 N–H and O–H groups in total. The Kier molecular flexibility index (Phi) is 3.73. The third kappa shape index (κ3) is 2.42. The first-order valence-corrected chi connectivity index (χ1v) is 12.4. The van der Waals surface area contributed by atoms with E-state index < -0.39 is 0 Å². The Bertz CT molecular complexity index is 2030. The maximum absolute atomic E-state index is 4.98. The van der Waals surface area contributed by atoms with Gasteiger partial charge in [0.15, 0.2) is 0 Å². The van der Waals surface area contributed by atoms with Crippen molar-refractivity contribution in [2.45, 2.75) is 19.3 Å². The fourth-order valence-electron chi connectivity index (χ4n) is 6.43. The lowest BCUT2D eigenvalue weighted by Gasteiger charge is -2.23. The zero-order chi connectivity index (χ0) is 24.0. The molecule has 1 aliphatic carbocycles. The Morgan fingerprint density at radius 1 is 0.667 bits per heavy atom. The number of fused-ring (bicyclic) bond motifs is 10. The van der Waals surface area contributed by atoms with Crippen molar-refractivity contribution >= 4 is 43.5 Å². The number of hydrogen-bond acceptors (Lipinski definition) is 2. The minimum atomic E-state index is -0.0949. The van der Waals surface area contributed by atoms with Crippen LogP contribution in [0.25, 0.3) is 60.6 Å². The predicted octanol–water partition coefficient (Wildman–Crippen LogP) is 8.19. The van der Waals surface area contributed by atoms with Crippen molar-refractivity contribution in [3.63, 3.8) is 0 Å². The largest absolute Gasteiger partial charge is 0.278 e. The summed E-state index contributed by atoms with van der Waals surface area (Å²) in [6.45, 7) is 4.73. The highest BCUT2D eigenvalue weighted by Gasteiger charge is 2.38. The third-order valence-electron chi connectivity index (χ3n) is 8.01. The van der Waals surface area contributed by atoms with Crippen molar-refractivity contribution in [1.82, 2.24) is 14.5 Å². The number of benzene rings is 5. The SMILES string of the molecule is CC1(C)c2ccc3c(c2-c2ccc4ccccc4c21)c1ccccc1n3-c1ncc2ccccc2n1. The van der Waals surface area contributed by atoms with Gasteiger partial charge in [-0.3, -0.25) is 4.57 Å². The summed E-state index contributed by atoms with van der Waals surface area (Å²) in [5, 5.41) is 6.19. The molecule has 2 heterocycles. The van der Waals surface area contributed by atoms with Crippen LogP contribution in [0.5, 0.6) is 0 Å². The lowest BCUT2D eigenvalue weighted by Crippen LogP contribution is -2.15. The first-order valence-electron chi connectivity index (χ1n) is 12.4. The van der Waals surface area contributed by atoms with Gasteiger partial charge in [0.05, 0.1) is 16.6 Å². The molecular weight excluding hydrogens is 438 g/mol. The van der Waals surface area contributed by atoms with Gasteiger partial charge in [0, 0.05) is 27.8 Å². The van der Waals surface area contributed by atoms with Crippen molar-refractivity contribution in [2.24, 2.45) is 0 Å². The summed E-state index contributed by atoms with van der Waals surface area (Å²) in [5.41, 5.74) is 8.60. The Labute approximate surface area is 208 Å². The van der Waals surface area contributed by atoms with Crippen LogP contribution in [0, 0.1) is 0 Å². The summed E-state index contributed by atoms with van der Waals surface area (Å²) in [7, 11) is 0. The molecule has 0 aliphatic heterocycles. The van der Waals surface area contributed by atoms with Gasteiger partial charge < -0.3 is 0 Å². The molecule has 0 radical (unpaired) electrons. The van der Waals surface area contributed by atoms with Crippen LogP contribution in [0.15, 0.2) is 103 Å². The van der Waals surface area contributed by atoms with E-state index in [-0.39, 0.29) is 5.41 Å². The quantitative estimate of drug-likeness (QED) is 0.247. The van der Waals surface area contributed by atoms with E-state index in [0.717, 1.165) is 21.9 Å². The van der Waals surface area contributed by atoms with E-state index in [4.69, 9.17) is 9.97 Å². The molecule has 8 rings (SSSR count). The van der Waals surface area contributed by atoms with Crippen LogP contribution in [0.2, 0.25) is 0 Å².